The van der Waals surface area contributed by atoms with Gasteiger partial charge in [-0.1, -0.05) is 0 Å². The highest BCUT2D eigenvalue weighted by Crippen LogP contribution is 2.26. The van der Waals surface area contributed by atoms with E-state index in [4.69, 9.17) is 4.74 Å². The minimum absolute atomic E-state index is 0.110. The van der Waals surface area contributed by atoms with E-state index < -0.39 is 0 Å². The van der Waals surface area contributed by atoms with E-state index in [0.29, 0.717) is 18.8 Å². The first-order chi connectivity index (χ1) is 13.7. The van der Waals surface area contributed by atoms with Crippen molar-refractivity contribution in [1.82, 2.24) is 15.2 Å². The second-order valence-electron chi connectivity index (χ2n) is 6.65. The van der Waals surface area contributed by atoms with Gasteiger partial charge in [0, 0.05) is 42.0 Å². The summed E-state index contributed by atoms with van der Waals surface area (Å²) < 4.78 is 5.46. The summed E-state index contributed by atoms with van der Waals surface area (Å²) in [6.07, 6.45) is 1.11. The van der Waals surface area contributed by atoms with E-state index in [1.54, 1.807) is 0 Å². The Morgan fingerprint density at radius 1 is 1.25 bits per heavy atom. The molecule has 0 saturated carbocycles. The highest BCUT2D eigenvalue weighted by Gasteiger charge is 2.17. The molecule has 1 aromatic carbocycles. The maximum atomic E-state index is 12.4. The van der Waals surface area contributed by atoms with E-state index in [1.807, 2.05) is 47.9 Å². The lowest BCUT2D eigenvalue weighted by Crippen LogP contribution is -2.37. The number of aromatic nitrogens is 1. The Bertz CT molecular complexity index is 933. The highest BCUT2D eigenvalue weighted by molar-refractivity contribution is 7.13. The van der Waals surface area contributed by atoms with Gasteiger partial charge in [0.2, 0.25) is 0 Å². The van der Waals surface area contributed by atoms with E-state index >= 15 is 0 Å². The minimum atomic E-state index is -0.110. The minimum Gasteiger partial charge on any atom is -0.494 e. The summed E-state index contributed by atoms with van der Waals surface area (Å²) in [7, 11) is 0. The molecular formula is C21H23N3O2S2. The number of thiazole rings is 1. The Balaban J connectivity index is 1.28. The maximum absolute atomic E-state index is 12.4. The number of hydrogen-bond acceptors (Lipinski definition) is 6. The number of benzene rings is 1. The van der Waals surface area contributed by atoms with E-state index in [-0.39, 0.29) is 5.91 Å². The van der Waals surface area contributed by atoms with Crippen LogP contribution in [0.5, 0.6) is 5.75 Å². The Hall–Kier alpha value is -2.22. The van der Waals surface area contributed by atoms with Crippen molar-refractivity contribution in [2.75, 3.05) is 26.2 Å². The standard InChI is InChI=1S/C21H23N3O2S2/c1-2-26-17-5-3-15(4-6-17)21-23-18(14-28-21)20(25)22-9-11-24-10-7-19-16(13-24)8-12-27-19/h3-6,8,12,14H,2,7,9-11,13H2,1H3,(H,22,25). The van der Waals surface area contributed by atoms with Gasteiger partial charge in [0.1, 0.15) is 16.5 Å². The lowest BCUT2D eigenvalue weighted by molar-refractivity contribution is 0.0943. The van der Waals surface area contributed by atoms with Crippen molar-refractivity contribution >= 4 is 28.6 Å². The van der Waals surface area contributed by atoms with Crippen LogP contribution in [0.2, 0.25) is 0 Å². The summed E-state index contributed by atoms with van der Waals surface area (Å²) in [6.45, 7) is 6.14. The number of hydrogen-bond donors (Lipinski definition) is 1. The molecule has 3 heterocycles. The fourth-order valence-corrected chi connectivity index (χ4v) is 4.98. The first-order valence-electron chi connectivity index (χ1n) is 9.47. The summed E-state index contributed by atoms with van der Waals surface area (Å²) >= 11 is 3.33. The number of fused-ring (bicyclic) bond motifs is 1. The number of rotatable bonds is 7. The molecule has 1 aliphatic rings. The predicted octanol–water partition coefficient (Wildman–Crippen LogP) is 4.06. The van der Waals surface area contributed by atoms with Gasteiger partial charge in [-0.25, -0.2) is 4.98 Å². The van der Waals surface area contributed by atoms with Crippen LogP contribution in [-0.4, -0.2) is 42.0 Å². The van der Waals surface area contributed by atoms with Crippen LogP contribution in [0.25, 0.3) is 10.6 Å². The van der Waals surface area contributed by atoms with Crippen molar-refractivity contribution in [2.45, 2.75) is 19.9 Å². The molecular weight excluding hydrogens is 390 g/mol. The lowest BCUT2D eigenvalue weighted by Gasteiger charge is -2.26. The van der Waals surface area contributed by atoms with Crippen molar-refractivity contribution in [3.05, 3.63) is 57.2 Å². The zero-order valence-corrected chi connectivity index (χ0v) is 17.4. The fraction of sp³-hybridized carbons (Fsp3) is 0.333. The number of ether oxygens (including phenoxy) is 1. The quantitative estimate of drug-likeness (QED) is 0.635. The molecule has 5 nitrogen and oxygen atoms in total. The van der Waals surface area contributed by atoms with Gasteiger partial charge in [-0.3, -0.25) is 9.69 Å². The SMILES string of the molecule is CCOc1ccc(-c2nc(C(=O)NCCN3CCc4sccc4C3)cs2)cc1. The summed E-state index contributed by atoms with van der Waals surface area (Å²) in [5, 5.41) is 7.83. The van der Waals surface area contributed by atoms with E-state index in [9.17, 15) is 4.79 Å². The van der Waals surface area contributed by atoms with Crippen LogP contribution in [0.4, 0.5) is 0 Å². The number of thiophene rings is 1. The molecule has 0 unspecified atom stereocenters. The fourth-order valence-electron chi connectivity index (χ4n) is 3.29. The molecule has 0 saturated heterocycles. The first-order valence-corrected chi connectivity index (χ1v) is 11.2. The second-order valence-corrected chi connectivity index (χ2v) is 8.51. The summed E-state index contributed by atoms with van der Waals surface area (Å²) in [4.78, 5) is 20.8. The van der Waals surface area contributed by atoms with Crippen molar-refractivity contribution in [3.63, 3.8) is 0 Å². The topological polar surface area (TPSA) is 54.5 Å². The van der Waals surface area contributed by atoms with Gasteiger partial charge < -0.3 is 10.1 Å². The highest BCUT2D eigenvalue weighted by atomic mass is 32.1. The number of nitrogens with zero attached hydrogens (tertiary/aromatic N) is 2. The molecule has 146 valence electrons. The van der Waals surface area contributed by atoms with E-state index in [1.165, 1.54) is 21.8 Å². The van der Waals surface area contributed by atoms with Gasteiger partial charge >= 0.3 is 0 Å². The Labute approximate surface area is 173 Å². The average molecular weight is 414 g/mol. The summed E-state index contributed by atoms with van der Waals surface area (Å²) in [6, 6.07) is 10.0. The maximum Gasteiger partial charge on any atom is 0.270 e. The van der Waals surface area contributed by atoms with Gasteiger partial charge in [-0.15, -0.1) is 22.7 Å². The zero-order valence-electron chi connectivity index (χ0n) is 15.8. The smallest absolute Gasteiger partial charge is 0.270 e. The molecule has 1 N–H and O–H groups in total. The number of carbonyl (C=O) groups excluding carboxylic acids is 1. The van der Waals surface area contributed by atoms with Crippen molar-refractivity contribution in [3.8, 4) is 16.3 Å². The Morgan fingerprint density at radius 2 is 2.11 bits per heavy atom. The molecule has 7 heteroatoms. The third-order valence-electron chi connectivity index (χ3n) is 4.75. The molecule has 0 atom stereocenters. The summed E-state index contributed by atoms with van der Waals surface area (Å²) in [5.41, 5.74) is 2.90. The second kappa shape index (κ2) is 8.86. The molecule has 3 aromatic rings. The van der Waals surface area contributed by atoms with Crippen molar-refractivity contribution < 1.29 is 9.53 Å². The molecule has 0 spiro atoms. The van der Waals surface area contributed by atoms with Gasteiger partial charge in [0.05, 0.1) is 6.61 Å². The van der Waals surface area contributed by atoms with Crippen LogP contribution in [-0.2, 0) is 13.0 Å². The van der Waals surface area contributed by atoms with Crippen LogP contribution in [0.1, 0.15) is 27.9 Å². The summed E-state index contributed by atoms with van der Waals surface area (Å²) in [5.74, 6) is 0.731. The molecule has 2 aromatic heterocycles. The van der Waals surface area contributed by atoms with Gasteiger partial charge in [0.25, 0.3) is 5.91 Å². The Morgan fingerprint density at radius 3 is 2.93 bits per heavy atom. The van der Waals surface area contributed by atoms with Crippen molar-refractivity contribution in [2.24, 2.45) is 0 Å². The van der Waals surface area contributed by atoms with E-state index in [2.05, 4.69) is 26.6 Å². The molecule has 0 aliphatic carbocycles. The largest absolute Gasteiger partial charge is 0.494 e. The molecule has 4 rings (SSSR count). The zero-order chi connectivity index (χ0) is 19.3. The third kappa shape index (κ3) is 4.43. The molecule has 1 amide bonds. The lowest BCUT2D eigenvalue weighted by atomic mass is 10.1. The third-order valence-corrected chi connectivity index (χ3v) is 6.66. The molecule has 0 fully saturated rings. The monoisotopic (exact) mass is 413 g/mol. The van der Waals surface area contributed by atoms with Crippen LogP contribution < -0.4 is 10.1 Å². The number of nitrogens with one attached hydrogen (secondary N) is 1. The molecule has 1 aliphatic heterocycles. The Kier molecular flexibility index (Phi) is 6.04. The molecule has 28 heavy (non-hydrogen) atoms. The van der Waals surface area contributed by atoms with Crippen LogP contribution in [0.15, 0.2) is 41.1 Å². The van der Waals surface area contributed by atoms with Gasteiger partial charge in [0.15, 0.2) is 0 Å². The molecule has 0 bridgehead atoms. The first kappa shape index (κ1) is 19.1. The predicted molar refractivity (Wildman–Crippen MR) is 114 cm³/mol. The van der Waals surface area contributed by atoms with Crippen molar-refractivity contribution in [1.29, 1.82) is 0 Å². The van der Waals surface area contributed by atoms with Gasteiger partial charge in [-0.2, -0.15) is 0 Å². The number of amides is 1. The average Bonchev–Trinajstić information content (AvgIpc) is 3.38. The molecule has 0 radical (unpaired) electrons. The normalized spacial score (nSPS) is 13.9. The van der Waals surface area contributed by atoms with Crippen LogP contribution in [0, 0.1) is 0 Å². The van der Waals surface area contributed by atoms with E-state index in [0.717, 1.165) is 42.4 Å². The van der Waals surface area contributed by atoms with Crippen LogP contribution >= 0.6 is 22.7 Å². The number of carbonyl (C=O) groups is 1. The van der Waals surface area contributed by atoms with Gasteiger partial charge in [-0.05, 0) is 54.6 Å². The van der Waals surface area contributed by atoms with Crippen LogP contribution in [0.3, 0.4) is 0 Å².